The number of rotatable bonds is 10. The first kappa shape index (κ1) is 36.6. The van der Waals surface area contributed by atoms with Gasteiger partial charge in [-0.05, 0) is 79.0 Å². The van der Waals surface area contributed by atoms with Crippen molar-refractivity contribution >= 4 is 33.4 Å². The van der Waals surface area contributed by atoms with E-state index in [1.165, 1.54) is 12.8 Å². The first-order chi connectivity index (χ1) is 24.2. The van der Waals surface area contributed by atoms with Crippen LogP contribution in [0, 0.1) is 5.41 Å². The summed E-state index contributed by atoms with van der Waals surface area (Å²) in [7, 11) is 0. The van der Waals surface area contributed by atoms with Crippen molar-refractivity contribution in [3.05, 3.63) is 78.0 Å². The van der Waals surface area contributed by atoms with Gasteiger partial charge in [-0.15, -0.1) is 0 Å². The topological polar surface area (TPSA) is 85.8 Å². The summed E-state index contributed by atoms with van der Waals surface area (Å²) in [6.07, 6.45) is -6.52. The van der Waals surface area contributed by atoms with Gasteiger partial charge in [-0.3, -0.25) is 19.6 Å². The number of fused-ring (bicyclic) bond motifs is 2. The molecule has 0 saturated carbocycles. The number of carboxylic acids is 1. The molecule has 1 aromatic heterocycles. The zero-order chi connectivity index (χ0) is 36.6. The standard InChI is InChI=1S/C38H40F6N4O3/c1-2-26-9-7-17-48(26)22-25-21-45-33(30-11-4-3-10-28(25)30)31-14-6-12-27-24(8-5-13-29(27)31)20-32(34(49)50)46-35(51)36(38(42,43)44)15-18-47(19-16-36)23-37(39,40)41/h3-6,8,10-14,21,26,32H,2,7,9,15-20,22-23H2,1H3,(H,46,51)(H,49,50)/t26-,32+/m1/s1. The highest BCUT2D eigenvalue weighted by atomic mass is 19.4. The van der Waals surface area contributed by atoms with Gasteiger partial charge in [0.25, 0.3) is 0 Å². The molecule has 0 spiro atoms. The van der Waals surface area contributed by atoms with Crippen LogP contribution in [0.25, 0.3) is 32.8 Å². The summed E-state index contributed by atoms with van der Waals surface area (Å²) in [6.45, 7) is 1.41. The molecule has 272 valence electrons. The summed E-state index contributed by atoms with van der Waals surface area (Å²) < 4.78 is 81.9. The van der Waals surface area contributed by atoms with Crippen LogP contribution in [0.5, 0.6) is 0 Å². The average Bonchev–Trinajstić information content (AvgIpc) is 3.54. The van der Waals surface area contributed by atoms with E-state index >= 15 is 0 Å². The first-order valence-corrected chi connectivity index (χ1v) is 17.2. The molecule has 7 nitrogen and oxygen atoms in total. The van der Waals surface area contributed by atoms with Crippen molar-refractivity contribution in [1.82, 2.24) is 20.1 Å². The van der Waals surface area contributed by atoms with E-state index in [0.717, 1.165) is 57.4 Å². The fourth-order valence-corrected chi connectivity index (χ4v) is 7.84. The molecule has 4 aromatic rings. The van der Waals surface area contributed by atoms with Gasteiger partial charge < -0.3 is 10.4 Å². The number of hydrogen-bond donors (Lipinski definition) is 2. The van der Waals surface area contributed by atoms with Crippen LogP contribution in [-0.4, -0.2) is 82.4 Å². The minimum Gasteiger partial charge on any atom is -0.480 e. The number of hydrogen-bond acceptors (Lipinski definition) is 5. The molecule has 3 aromatic carbocycles. The largest absolute Gasteiger partial charge is 0.480 e. The molecule has 2 aliphatic heterocycles. The van der Waals surface area contributed by atoms with E-state index in [9.17, 15) is 41.0 Å². The molecule has 2 saturated heterocycles. The molecule has 13 heteroatoms. The molecule has 51 heavy (non-hydrogen) atoms. The third-order valence-corrected chi connectivity index (χ3v) is 10.6. The lowest BCUT2D eigenvalue weighted by Crippen LogP contribution is -2.59. The summed E-state index contributed by atoms with van der Waals surface area (Å²) in [5.74, 6) is -3.08. The van der Waals surface area contributed by atoms with E-state index in [0.29, 0.717) is 17.0 Å². The quantitative estimate of drug-likeness (QED) is 0.164. The first-order valence-electron chi connectivity index (χ1n) is 17.2. The van der Waals surface area contributed by atoms with E-state index in [4.69, 9.17) is 4.98 Å². The maximum atomic E-state index is 14.4. The molecule has 0 unspecified atom stereocenters. The van der Waals surface area contributed by atoms with Gasteiger partial charge in [0.15, 0.2) is 0 Å². The van der Waals surface area contributed by atoms with Crippen molar-refractivity contribution in [2.24, 2.45) is 5.41 Å². The van der Waals surface area contributed by atoms with Crippen LogP contribution >= 0.6 is 0 Å². The summed E-state index contributed by atoms with van der Waals surface area (Å²) in [6, 6.07) is 17.6. The Labute approximate surface area is 291 Å². The van der Waals surface area contributed by atoms with Gasteiger partial charge in [0.1, 0.15) is 11.5 Å². The number of carboxylic acid groups (broad SMARTS) is 1. The average molecular weight is 715 g/mol. The van der Waals surface area contributed by atoms with Crippen LogP contribution in [0.4, 0.5) is 26.3 Å². The molecule has 2 fully saturated rings. The predicted molar refractivity (Wildman–Crippen MR) is 182 cm³/mol. The second-order valence-electron chi connectivity index (χ2n) is 13.7. The van der Waals surface area contributed by atoms with Crippen LogP contribution in [-0.2, 0) is 22.6 Å². The Morgan fingerprint density at radius 3 is 2.22 bits per heavy atom. The summed E-state index contributed by atoms with van der Waals surface area (Å²) in [4.78, 5) is 34.0. The van der Waals surface area contributed by atoms with Crippen LogP contribution in [0.2, 0.25) is 0 Å². The Morgan fingerprint density at radius 1 is 0.902 bits per heavy atom. The maximum absolute atomic E-state index is 14.4. The van der Waals surface area contributed by atoms with Crippen LogP contribution in [0.1, 0.15) is 50.2 Å². The molecule has 2 atom stereocenters. The second kappa shape index (κ2) is 14.4. The molecule has 3 heterocycles. The van der Waals surface area contributed by atoms with E-state index in [1.54, 1.807) is 18.2 Å². The molecule has 0 radical (unpaired) electrons. The number of nitrogens with one attached hydrogen (secondary N) is 1. The van der Waals surface area contributed by atoms with Crippen molar-refractivity contribution in [3.63, 3.8) is 0 Å². The Balaban J connectivity index is 1.28. The lowest BCUT2D eigenvalue weighted by molar-refractivity contribution is -0.236. The van der Waals surface area contributed by atoms with E-state index in [1.807, 2.05) is 42.6 Å². The van der Waals surface area contributed by atoms with Gasteiger partial charge in [-0.1, -0.05) is 67.6 Å². The van der Waals surface area contributed by atoms with Gasteiger partial charge in [0.2, 0.25) is 5.91 Å². The highest BCUT2D eigenvalue weighted by Gasteiger charge is 2.61. The lowest BCUT2D eigenvalue weighted by atomic mass is 9.76. The van der Waals surface area contributed by atoms with Gasteiger partial charge in [0.05, 0.1) is 12.2 Å². The van der Waals surface area contributed by atoms with Crippen molar-refractivity contribution in [2.75, 3.05) is 26.2 Å². The minimum absolute atomic E-state index is 0.322. The third-order valence-electron chi connectivity index (χ3n) is 10.6. The predicted octanol–water partition coefficient (Wildman–Crippen LogP) is 7.75. The van der Waals surface area contributed by atoms with Crippen molar-refractivity contribution in [2.45, 2.75) is 76.4 Å². The number of carbonyl (C=O) groups excluding carboxylic acids is 1. The summed E-state index contributed by atoms with van der Waals surface area (Å²) in [5, 5.41) is 15.6. The molecule has 1 amide bonds. The number of aromatic nitrogens is 1. The molecular formula is C38H40F6N4O3. The van der Waals surface area contributed by atoms with Crippen molar-refractivity contribution in [1.29, 1.82) is 0 Å². The van der Waals surface area contributed by atoms with Gasteiger partial charge in [0, 0.05) is 36.2 Å². The lowest BCUT2D eigenvalue weighted by Gasteiger charge is -2.42. The Kier molecular flexibility index (Phi) is 10.3. The number of aliphatic carboxylic acids is 1. The minimum atomic E-state index is -5.10. The number of halogens is 6. The van der Waals surface area contributed by atoms with Gasteiger partial charge in [-0.25, -0.2) is 4.79 Å². The molecular weight excluding hydrogens is 674 g/mol. The van der Waals surface area contributed by atoms with Crippen LogP contribution < -0.4 is 5.32 Å². The van der Waals surface area contributed by atoms with Crippen LogP contribution in [0.3, 0.4) is 0 Å². The number of piperidine rings is 1. The smallest absolute Gasteiger partial charge is 0.403 e. The Hall–Kier alpha value is -4.23. The summed E-state index contributed by atoms with van der Waals surface area (Å²) >= 11 is 0. The highest BCUT2D eigenvalue weighted by molar-refractivity contribution is 6.05. The maximum Gasteiger partial charge on any atom is 0.403 e. The van der Waals surface area contributed by atoms with Crippen LogP contribution in [0.15, 0.2) is 66.9 Å². The number of alkyl halides is 6. The van der Waals surface area contributed by atoms with Crippen molar-refractivity contribution in [3.8, 4) is 11.3 Å². The number of nitrogens with zero attached hydrogens (tertiary/aromatic N) is 3. The Morgan fingerprint density at radius 2 is 1.55 bits per heavy atom. The molecule has 6 rings (SSSR count). The van der Waals surface area contributed by atoms with Crippen molar-refractivity contribution < 1.29 is 41.0 Å². The second-order valence-corrected chi connectivity index (χ2v) is 13.7. The molecule has 2 aliphatic rings. The van der Waals surface area contributed by atoms with Gasteiger partial charge >= 0.3 is 18.3 Å². The van der Waals surface area contributed by atoms with E-state index in [2.05, 4.69) is 23.2 Å². The number of amides is 1. The van der Waals surface area contributed by atoms with Gasteiger partial charge in [-0.2, -0.15) is 26.3 Å². The monoisotopic (exact) mass is 714 g/mol. The highest BCUT2D eigenvalue weighted by Crippen LogP contribution is 2.47. The molecule has 0 aliphatic carbocycles. The fraction of sp³-hybridized carbons (Fsp3) is 0.447. The zero-order valence-electron chi connectivity index (χ0n) is 28.2. The zero-order valence-corrected chi connectivity index (χ0v) is 28.2. The SMILES string of the molecule is CC[C@@H]1CCCN1Cc1cnc(-c2cccc3c(C[C@H](NC(=O)C4(C(F)(F)F)CCN(CC(F)(F)F)CC4)C(=O)O)cccc23)c2ccccc12. The molecule has 2 N–H and O–H groups in total. The normalized spacial score (nSPS) is 19.4. The third kappa shape index (κ3) is 7.55. The fourth-order valence-electron chi connectivity index (χ4n) is 7.84. The number of pyridine rings is 1. The summed E-state index contributed by atoms with van der Waals surface area (Å²) in [5.41, 5.74) is 0.127. The number of carbonyl (C=O) groups is 2. The number of likely N-dealkylation sites (tertiary alicyclic amines) is 2. The number of benzene rings is 3. The van der Waals surface area contributed by atoms with E-state index < -0.39 is 68.2 Å². The molecule has 0 bridgehead atoms. The van der Waals surface area contributed by atoms with E-state index in [-0.39, 0.29) is 6.42 Å². The Bertz CT molecular complexity index is 1900.